The van der Waals surface area contributed by atoms with Gasteiger partial charge in [-0.15, -0.1) is 0 Å². The zero-order valence-corrected chi connectivity index (χ0v) is 6.44. The van der Waals surface area contributed by atoms with E-state index in [1.54, 1.807) is 0 Å². The van der Waals surface area contributed by atoms with Gasteiger partial charge in [-0.25, -0.2) is 0 Å². The summed E-state index contributed by atoms with van der Waals surface area (Å²) in [6.07, 6.45) is -1.71. The fraction of sp³-hybridized carbons (Fsp3) is 1.00. The molecule has 0 spiro atoms. The van der Waals surface area contributed by atoms with E-state index >= 15 is 0 Å². The Kier molecular flexibility index (Phi) is 2.20. The van der Waals surface area contributed by atoms with Crippen molar-refractivity contribution in [2.24, 2.45) is 5.92 Å². The molecule has 4 nitrogen and oxygen atoms in total. The van der Waals surface area contributed by atoms with Crippen molar-refractivity contribution in [2.75, 3.05) is 6.61 Å². The van der Waals surface area contributed by atoms with E-state index in [1.165, 1.54) is 6.92 Å². The summed E-state index contributed by atoms with van der Waals surface area (Å²) < 4.78 is 0. The summed E-state index contributed by atoms with van der Waals surface area (Å²) in [6.45, 7) is 1.17. The molecule has 0 unspecified atom stereocenters. The Morgan fingerprint density at radius 2 is 2.00 bits per heavy atom. The van der Waals surface area contributed by atoms with E-state index in [-0.39, 0.29) is 13.0 Å². The first kappa shape index (κ1) is 8.93. The van der Waals surface area contributed by atoms with Gasteiger partial charge in [0, 0.05) is 12.5 Å². The highest BCUT2D eigenvalue weighted by atomic mass is 16.4. The number of hydrogen-bond acceptors (Lipinski definition) is 4. The standard InChI is InChI=1S/C7H14O4/c1-7(11)5(9)2-4(3-8)6(7)10/h4-6,8-11H,2-3H2,1H3/t4-,5-,6-,7-/m1/s1. The van der Waals surface area contributed by atoms with Crippen LogP contribution in [0, 0.1) is 5.92 Å². The van der Waals surface area contributed by atoms with Crippen LogP contribution in [-0.2, 0) is 0 Å². The van der Waals surface area contributed by atoms with E-state index in [9.17, 15) is 15.3 Å². The summed E-state index contributed by atoms with van der Waals surface area (Å²) in [7, 11) is 0. The SMILES string of the molecule is C[C@@]1(O)[C@H](O)C[C@H](CO)[C@H]1O. The van der Waals surface area contributed by atoms with Gasteiger partial charge < -0.3 is 20.4 Å². The van der Waals surface area contributed by atoms with Crippen molar-refractivity contribution in [2.45, 2.75) is 31.2 Å². The average molecular weight is 162 g/mol. The minimum Gasteiger partial charge on any atom is -0.396 e. The second kappa shape index (κ2) is 2.71. The van der Waals surface area contributed by atoms with E-state index in [0.717, 1.165) is 0 Å². The molecule has 0 heterocycles. The highest BCUT2D eigenvalue weighted by Gasteiger charge is 2.49. The Labute approximate surface area is 65.1 Å². The maximum Gasteiger partial charge on any atom is 0.114 e. The fourth-order valence-electron chi connectivity index (χ4n) is 1.50. The smallest absolute Gasteiger partial charge is 0.114 e. The predicted molar refractivity (Wildman–Crippen MR) is 37.8 cm³/mol. The Bertz CT molecular complexity index is 145. The molecule has 0 aromatic heterocycles. The molecule has 1 aliphatic rings. The van der Waals surface area contributed by atoms with Crippen LogP contribution in [0.25, 0.3) is 0 Å². The van der Waals surface area contributed by atoms with Gasteiger partial charge in [0.25, 0.3) is 0 Å². The minimum absolute atomic E-state index is 0.200. The maximum atomic E-state index is 9.42. The van der Waals surface area contributed by atoms with Crippen molar-refractivity contribution in [3.8, 4) is 0 Å². The van der Waals surface area contributed by atoms with Gasteiger partial charge >= 0.3 is 0 Å². The molecule has 11 heavy (non-hydrogen) atoms. The molecule has 0 saturated heterocycles. The lowest BCUT2D eigenvalue weighted by Crippen LogP contribution is -2.44. The highest BCUT2D eigenvalue weighted by Crippen LogP contribution is 2.34. The molecule has 0 radical (unpaired) electrons. The third-order valence-electron chi connectivity index (χ3n) is 2.48. The number of hydrogen-bond donors (Lipinski definition) is 4. The van der Waals surface area contributed by atoms with Crippen LogP contribution in [0.4, 0.5) is 0 Å². The Balaban J connectivity index is 2.71. The Morgan fingerprint density at radius 3 is 2.18 bits per heavy atom. The largest absolute Gasteiger partial charge is 0.396 e. The zero-order valence-electron chi connectivity index (χ0n) is 6.44. The van der Waals surface area contributed by atoms with E-state index in [1.807, 2.05) is 0 Å². The van der Waals surface area contributed by atoms with Crippen molar-refractivity contribution >= 4 is 0 Å². The molecule has 0 aromatic carbocycles. The topological polar surface area (TPSA) is 80.9 Å². The first-order chi connectivity index (χ1) is 5.00. The van der Waals surface area contributed by atoms with E-state index < -0.39 is 23.7 Å². The van der Waals surface area contributed by atoms with Crippen LogP contribution in [0.5, 0.6) is 0 Å². The lowest BCUT2D eigenvalue weighted by atomic mass is 9.98. The van der Waals surface area contributed by atoms with Crippen LogP contribution in [0.2, 0.25) is 0 Å². The molecule has 1 aliphatic carbocycles. The molecule has 0 bridgehead atoms. The molecule has 4 N–H and O–H groups in total. The van der Waals surface area contributed by atoms with Gasteiger partial charge in [0.05, 0.1) is 12.2 Å². The summed E-state index contributed by atoms with van der Waals surface area (Å²) in [5, 5.41) is 36.7. The van der Waals surface area contributed by atoms with Crippen molar-refractivity contribution in [3.05, 3.63) is 0 Å². The monoisotopic (exact) mass is 162 g/mol. The normalized spacial score (nSPS) is 51.5. The molecule has 0 amide bonds. The number of aliphatic hydroxyl groups excluding tert-OH is 3. The van der Waals surface area contributed by atoms with Crippen molar-refractivity contribution in [3.63, 3.8) is 0 Å². The van der Waals surface area contributed by atoms with Crippen LogP contribution in [-0.4, -0.2) is 44.8 Å². The van der Waals surface area contributed by atoms with Crippen LogP contribution in [0.15, 0.2) is 0 Å². The van der Waals surface area contributed by atoms with Gasteiger partial charge in [0.1, 0.15) is 5.60 Å². The number of aliphatic hydroxyl groups is 4. The van der Waals surface area contributed by atoms with Gasteiger partial charge in [0.15, 0.2) is 0 Å². The van der Waals surface area contributed by atoms with Gasteiger partial charge in [-0.2, -0.15) is 0 Å². The molecule has 0 aromatic rings. The molecular formula is C7H14O4. The predicted octanol–water partition coefficient (Wildman–Crippen LogP) is -1.53. The third kappa shape index (κ3) is 1.27. The molecule has 66 valence electrons. The summed E-state index contributed by atoms with van der Waals surface area (Å²) in [6, 6.07) is 0. The van der Waals surface area contributed by atoms with Crippen LogP contribution in [0.3, 0.4) is 0 Å². The first-order valence-electron chi connectivity index (χ1n) is 3.69. The highest BCUT2D eigenvalue weighted by molar-refractivity contribution is 5.00. The summed E-state index contributed by atoms with van der Waals surface area (Å²) in [4.78, 5) is 0. The van der Waals surface area contributed by atoms with Crippen molar-refractivity contribution < 1.29 is 20.4 Å². The third-order valence-corrected chi connectivity index (χ3v) is 2.48. The van der Waals surface area contributed by atoms with Crippen molar-refractivity contribution in [1.29, 1.82) is 0 Å². The van der Waals surface area contributed by atoms with E-state index in [0.29, 0.717) is 0 Å². The molecule has 1 saturated carbocycles. The van der Waals surface area contributed by atoms with Gasteiger partial charge in [-0.3, -0.25) is 0 Å². The van der Waals surface area contributed by atoms with Crippen LogP contribution in [0.1, 0.15) is 13.3 Å². The Morgan fingerprint density at radius 1 is 1.45 bits per heavy atom. The zero-order chi connectivity index (χ0) is 8.65. The van der Waals surface area contributed by atoms with Crippen LogP contribution < -0.4 is 0 Å². The van der Waals surface area contributed by atoms with E-state index in [4.69, 9.17) is 5.11 Å². The lowest BCUT2D eigenvalue weighted by Gasteiger charge is -2.25. The second-order valence-electron chi connectivity index (χ2n) is 3.36. The van der Waals surface area contributed by atoms with Gasteiger partial charge in [-0.05, 0) is 13.3 Å². The van der Waals surface area contributed by atoms with E-state index in [2.05, 4.69) is 0 Å². The molecular weight excluding hydrogens is 148 g/mol. The molecule has 4 heteroatoms. The maximum absolute atomic E-state index is 9.42. The van der Waals surface area contributed by atoms with Crippen molar-refractivity contribution in [1.82, 2.24) is 0 Å². The van der Waals surface area contributed by atoms with Gasteiger partial charge in [0.2, 0.25) is 0 Å². The molecule has 0 aliphatic heterocycles. The molecule has 4 atom stereocenters. The summed E-state index contributed by atoms with van der Waals surface area (Å²) in [5.74, 6) is -0.403. The second-order valence-corrected chi connectivity index (χ2v) is 3.36. The quantitative estimate of drug-likeness (QED) is 0.377. The Hall–Kier alpha value is -0.160. The molecule has 1 rings (SSSR count). The summed E-state index contributed by atoms with van der Waals surface area (Å²) in [5.41, 5.74) is -1.46. The average Bonchev–Trinajstić information content (AvgIpc) is 2.14. The molecule has 1 fully saturated rings. The van der Waals surface area contributed by atoms with Crippen LogP contribution >= 0.6 is 0 Å². The van der Waals surface area contributed by atoms with Gasteiger partial charge in [-0.1, -0.05) is 0 Å². The lowest BCUT2D eigenvalue weighted by molar-refractivity contribution is -0.106. The fourth-order valence-corrected chi connectivity index (χ4v) is 1.50. The minimum atomic E-state index is -1.46. The summed E-state index contributed by atoms with van der Waals surface area (Å²) >= 11 is 0. The number of rotatable bonds is 1. The first-order valence-corrected chi connectivity index (χ1v) is 3.69.